The topological polar surface area (TPSA) is 66.9 Å². The van der Waals surface area contributed by atoms with Gasteiger partial charge in [-0.1, -0.05) is 48.0 Å². The number of sulfone groups is 1. The number of carbonyl (C=O) groups is 1. The summed E-state index contributed by atoms with van der Waals surface area (Å²) in [6.45, 7) is 5.33. The van der Waals surface area contributed by atoms with Crippen molar-refractivity contribution in [3.63, 3.8) is 0 Å². The van der Waals surface area contributed by atoms with Crippen molar-refractivity contribution in [3.8, 4) is 0 Å². The van der Waals surface area contributed by atoms with Crippen LogP contribution in [0.25, 0.3) is 4.91 Å². The van der Waals surface area contributed by atoms with Crippen molar-refractivity contribution in [1.82, 2.24) is 9.80 Å². The Bertz CT molecular complexity index is 1570. The maximum absolute atomic E-state index is 14.0. The second-order valence-electron chi connectivity index (χ2n) is 11.3. The average molecular weight is 629 g/mol. The standard InChI is InChI=1S/C33H35ClF2N2O4S/c1-3-42-33(39)25-12-14-37(15-13-25)19-22-4-6-23(7-5-22)31(24-8-10-28(34)11-9-24)38-20-27(21-38)32(43(2,40)41)26-16-29(35)18-30(36)17-26/h4-11,16-18,25,31H,3,12-15,19-21H2,1-2H3/t31-/m1/s1. The Kier molecular flexibility index (Phi) is 9.66. The monoisotopic (exact) mass is 628 g/mol. The number of esters is 1. The van der Waals surface area contributed by atoms with Crippen LogP contribution in [0.1, 0.15) is 48.1 Å². The summed E-state index contributed by atoms with van der Waals surface area (Å²) >= 11 is 6.17. The Morgan fingerprint density at radius 3 is 2.05 bits per heavy atom. The Hall–Kier alpha value is -3.11. The summed E-state index contributed by atoms with van der Waals surface area (Å²) in [5.74, 6) is -1.78. The lowest BCUT2D eigenvalue weighted by atomic mass is 9.91. The van der Waals surface area contributed by atoms with Crippen molar-refractivity contribution in [2.75, 3.05) is 39.0 Å². The molecule has 0 N–H and O–H groups in total. The fourth-order valence-electron chi connectivity index (χ4n) is 6.05. The summed E-state index contributed by atoms with van der Waals surface area (Å²) < 4.78 is 58.7. The van der Waals surface area contributed by atoms with E-state index in [9.17, 15) is 22.0 Å². The van der Waals surface area contributed by atoms with Crippen LogP contribution in [0, 0.1) is 17.6 Å². The smallest absolute Gasteiger partial charge is 0.309 e. The summed E-state index contributed by atoms with van der Waals surface area (Å²) in [5.41, 5.74) is 3.81. The van der Waals surface area contributed by atoms with Crippen LogP contribution < -0.4 is 0 Å². The molecule has 10 heteroatoms. The van der Waals surface area contributed by atoms with Gasteiger partial charge in [0.1, 0.15) is 11.6 Å². The molecule has 0 radical (unpaired) electrons. The highest BCUT2D eigenvalue weighted by Crippen LogP contribution is 2.39. The second-order valence-corrected chi connectivity index (χ2v) is 13.7. The molecule has 3 aromatic rings. The lowest BCUT2D eigenvalue weighted by molar-refractivity contribution is -0.149. The summed E-state index contributed by atoms with van der Waals surface area (Å²) in [5, 5.41) is 0.612. The second kappa shape index (κ2) is 13.3. The number of likely N-dealkylation sites (tertiary alicyclic amines) is 2. The summed E-state index contributed by atoms with van der Waals surface area (Å²) in [6, 6.07) is 18.6. The van der Waals surface area contributed by atoms with Gasteiger partial charge in [0.15, 0.2) is 9.84 Å². The molecule has 5 rings (SSSR count). The molecule has 2 saturated heterocycles. The van der Waals surface area contributed by atoms with E-state index in [4.69, 9.17) is 16.3 Å². The minimum absolute atomic E-state index is 0.0216. The van der Waals surface area contributed by atoms with Crippen molar-refractivity contribution >= 4 is 32.3 Å². The van der Waals surface area contributed by atoms with E-state index in [-0.39, 0.29) is 28.4 Å². The van der Waals surface area contributed by atoms with E-state index in [0.717, 1.165) is 73.6 Å². The molecule has 6 nitrogen and oxygen atoms in total. The van der Waals surface area contributed by atoms with Crippen LogP contribution in [-0.2, 0) is 25.9 Å². The van der Waals surface area contributed by atoms with Crippen molar-refractivity contribution < 1.29 is 26.7 Å². The van der Waals surface area contributed by atoms with Crippen LogP contribution in [0.4, 0.5) is 8.78 Å². The lowest BCUT2D eigenvalue weighted by Crippen LogP contribution is -2.44. The van der Waals surface area contributed by atoms with Crippen molar-refractivity contribution in [1.29, 1.82) is 0 Å². The molecule has 0 amide bonds. The van der Waals surface area contributed by atoms with Gasteiger partial charge in [0.2, 0.25) is 0 Å². The van der Waals surface area contributed by atoms with E-state index in [2.05, 4.69) is 34.1 Å². The summed E-state index contributed by atoms with van der Waals surface area (Å²) in [7, 11) is -3.75. The van der Waals surface area contributed by atoms with Crippen LogP contribution in [-0.4, -0.2) is 63.2 Å². The van der Waals surface area contributed by atoms with E-state index in [0.29, 0.717) is 30.3 Å². The van der Waals surface area contributed by atoms with Gasteiger partial charge in [-0.25, -0.2) is 17.2 Å². The zero-order chi connectivity index (χ0) is 30.7. The predicted octanol–water partition coefficient (Wildman–Crippen LogP) is 6.25. The Morgan fingerprint density at radius 2 is 1.51 bits per heavy atom. The normalized spacial score (nSPS) is 17.4. The highest BCUT2D eigenvalue weighted by Gasteiger charge is 2.35. The van der Waals surface area contributed by atoms with Crippen LogP contribution in [0.15, 0.2) is 72.3 Å². The quantitative estimate of drug-likeness (QED) is 0.261. The lowest BCUT2D eigenvalue weighted by Gasteiger charge is -2.42. The number of ether oxygens (including phenoxy) is 1. The molecular weight excluding hydrogens is 594 g/mol. The molecule has 0 unspecified atom stereocenters. The molecule has 228 valence electrons. The number of hydrogen-bond acceptors (Lipinski definition) is 6. The molecule has 2 aliphatic heterocycles. The molecule has 0 aromatic heterocycles. The van der Waals surface area contributed by atoms with Gasteiger partial charge in [0, 0.05) is 37.0 Å². The number of piperidine rings is 1. The summed E-state index contributed by atoms with van der Waals surface area (Å²) in [6.07, 6.45) is 2.64. The Balaban J connectivity index is 1.35. The van der Waals surface area contributed by atoms with E-state index < -0.39 is 21.5 Å². The first-order valence-corrected chi connectivity index (χ1v) is 16.6. The molecule has 43 heavy (non-hydrogen) atoms. The van der Waals surface area contributed by atoms with E-state index in [1.165, 1.54) is 0 Å². The number of rotatable bonds is 9. The van der Waals surface area contributed by atoms with Gasteiger partial charge >= 0.3 is 5.97 Å². The number of benzene rings is 3. The zero-order valence-corrected chi connectivity index (χ0v) is 25.8. The maximum atomic E-state index is 14.0. The van der Waals surface area contributed by atoms with Gasteiger partial charge in [-0.3, -0.25) is 14.6 Å². The van der Waals surface area contributed by atoms with Gasteiger partial charge in [0.25, 0.3) is 0 Å². The molecule has 0 aliphatic carbocycles. The number of halogens is 3. The third-order valence-electron chi connectivity index (χ3n) is 8.06. The minimum Gasteiger partial charge on any atom is -0.466 e. The van der Waals surface area contributed by atoms with Gasteiger partial charge in [-0.05, 0) is 84.9 Å². The van der Waals surface area contributed by atoms with E-state index >= 15 is 0 Å². The first-order chi connectivity index (χ1) is 20.5. The molecule has 0 saturated carbocycles. The van der Waals surface area contributed by atoms with Crippen molar-refractivity contribution in [2.45, 2.75) is 32.4 Å². The average Bonchev–Trinajstić information content (AvgIpc) is 2.93. The molecule has 2 fully saturated rings. The van der Waals surface area contributed by atoms with Crippen LogP contribution in [0.3, 0.4) is 0 Å². The minimum atomic E-state index is -3.75. The Labute approximate surface area is 256 Å². The number of nitrogens with zero attached hydrogens (tertiary/aromatic N) is 2. The Morgan fingerprint density at radius 1 is 0.953 bits per heavy atom. The van der Waals surface area contributed by atoms with Gasteiger partial charge < -0.3 is 4.74 Å². The van der Waals surface area contributed by atoms with Crippen molar-refractivity contribution in [3.05, 3.63) is 111 Å². The van der Waals surface area contributed by atoms with Crippen LogP contribution in [0.2, 0.25) is 5.02 Å². The third kappa shape index (κ3) is 7.52. The summed E-state index contributed by atoms with van der Waals surface area (Å²) in [4.78, 5) is 16.5. The first kappa shape index (κ1) is 31.3. The van der Waals surface area contributed by atoms with Gasteiger partial charge in [0.05, 0.1) is 23.5 Å². The van der Waals surface area contributed by atoms with E-state index in [1.54, 1.807) is 0 Å². The zero-order valence-electron chi connectivity index (χ0n) is 24.2. The maximum Gasteiger partial charge on any atom is 0.309 e. The molecule has 2 aliphatic rings. The highest BCUT2D eigenvalue weighted by atomic mass is 35.5. The molecule has 0 bridgehead atoms. The van der Waals surface area contributed by atoms with Crippen molar-refractivity contribution in [2.24, 2.45) is 5.92 Å². The SMILES string of the molecule is CCOC(=O)C1CCN(Cc2ccc([C@H](c3ccc(Cl)cc3)N3CC(=C(c4cc(F)cc(F)c4)S(C)(=O)=O)C3)cc2)CC1. The highest BCUT2D eigenvalue weighted by molar-refractivity contribution is 8.00. The predicted molar refractivity (Wildman–Crippen MR) is 164 cm³/mol. The van der Waals surface area contributed by atoms with E-state index in [1.807, 2.05) is 31.2 Å². The first-order valence-electron chi connectivity index (χ1n) is 14.4. The number of hydrogen-bond donors (Lipinski definition) is 0. The molecule has 1 atom stereocenters. The molecular formula is C33H35ClF2N2O4S. The fraction of sp³-hybridized carbons (Fsp3) is 0.364. The largest absolute Gasteiger partial charge is 0.466 e. The van der Waals surface area contributed by atoms with Crippen LogP contribution in [0.5, 0.6) is 0 Å². The molecule has 3 aromatic carbocycles. The molecule has 0 spiro atoms. The third-order valence-corrected chi connectivity index (χ3v) is 9.58. The van der Waals surface area contributed by atoms with Gasteiger partial charge in [-0.15, -0.1) is 0 Å². The fourth-order valence-corrected chi connectivity index (χ4v) is 7.37. The van der Waals surface area contributed by atoms with Gasteiger partial charge in [-0.2, -0.15) is 0 Å². The van der Waals surface area contributed by atoms with Crippen LogP contribution >= 0.6 is 11.6 Å². The number of carbonyl (C=O) groups excluding carboxylic acids is 1. The molecule has 2 heterocycles.